The summed E-state index contributed by atoms with van der Waals surface area (Å²) >= 11 is 0. The first-order chi connectivity index (χ1) is 28.5. The molecule has 0 aromatic heterocycles. The van der Waals surface area contributed by atoms with Crippen LogP contribution in [0, 0.1) is 0 Å². The third kappa shape index (κ3) is 5.39. The van der Waals surface area contributed by atoms with E-state index in [1.807, 2.05) is 0 Å². The fourth-order valence-electron chi connectivity index (χ4n) is 9.65. The first-order valence-electron chi connectivity index (χ1n) is 20.3. The van der Waals surface area contributed by atoms with Crippen molar-refractivity contribution in [3.8, 4) is 44.5 Å². The molecule has 0 saturated carbocycles. The van der Waals surface area contributed by atoms with Crippen LogP contribution in [0.15, 0.2) is 212 Å². The van der Waals surface area contributed by atoms with Gasteiger partial charge < -0.3 is 4.90 Å². The molecule has 1 nitrogen and oxygen atoms in total. The highest BCUT2D eigenvalue weighted by Gasteiger charge is 2.36. The molecule has 0 unspecified atom stereocenters. The molecule has 11 rings (SSSR count). The molecule has 0 bridgehead atoms. The van der Waals surface area contributed by atoms with Gasteiger partial charge in [-0.25, -0.2) is 0 Å². The molecule has 0 heterocycles. The lowest BCUT2D eigenvalue weighted by molar-refractivity contribution is 0.660. The summed E-state index contributed by atoms with van der Waals surface area (Å²) in [6.45, 7) is 4.74. The largest absolute Gasteiger partial charge is 0.310 e. The lowest BCUT2D eigenvalue weighted by atomic mass is 9.82. The maximum Gasteiger partial charge on any atom is 0.0546 e. The van der Waals surface area contributed by atoms with Crippen LogP contribution in [0.3, 0.4) is 0 Å². The second-order valence-corrected chi connectivity index (χ2v) is 16.1. The van der Waals surface area contributed by atoms with Gasteiger partial charge in [0.15, 0.2) is 0 Å². The van der Waals surface area contributed by atoms with Crippen molar-refractivity contribution in [3.05, 3.63) is 223 Å². The number of anilines is 3. The summed E-state index contributed by atoms with van der Waals surface area (Å²) in [4.78, 5) is 2.50. The molecule has 1 aliphatic carbocycles. The van der Waals surface area contributed by atoms with Gasteiger partial charge in [-0.3, -0.25) is 0 Å². The Balaban J connectivity index is 1.22. The topological polar surface area (TPSA) is 3.24 Å². The number of fused-ring (bicyclic) bond motifs is 7. The molecule has 0 atom stereocenters. The molecule has 0 saturated heterocycles. The van der Waals surface area contributed by atoms with Crippen LogP contribution in [0.25, 0.3) is 76.8 Å². The van der Waals surface area contributed by atoms with Gasteiger partial charge in [0.25, 0.3) is 0 Å². The van der Waals surface area contributed by atoms with Crippen LogP contribution >= 0.6 is 0 Å². The Labute approximate surface area is 340 Å². The minimum Gasteiger partial charge on any atom is -0.310 e. The van der Waals surface area contributed by atoms with Crippen LogP contribution in [-0.2, 0) is 5.41 Å². The lowest BCUT2D eigenvalue weighted by Gasteiger charge is -2.31. The van der Waals surface area contributed by atoms with Crippen molar-refractivity contribution in [2.75, 3.05) is 4.90 Å². The molecule has 0 spiro atoms. The quantitative estimate of drug-likeness (QED) is 0.154. The smallest absolute Gasteiger partial charge is 0.0546 e. The molecule has 0 aliphatic heterocycles. The third-order valence-corrected chi connectivity index (χ3v) is 12.5. The van der Waals surface area contributed by atoms with Gasteiger partial charge in [0.1, 0.15) is 0 Å². The standard InChI is InChI=1S/C57H41N/c1-57(2)53-28-13-12-25-48(53)49-35-34-43(37-54(49)57)58(42-32-30-39(31-33-42)38-16-4-3-5-17-38)55-29-15-27-51(56(55)50-26-14-20-40-18-6-8-21-44(40)50)52-36-41-19-7-9-22-45(41)46-23-10-11-24-47(46)52/h3-37H,1-2H3. The van der Waals surface area contributed by atoms with E-state index >= 15 is 0 Å². The summed E-state index contributed by atoms with van der Waals surface area (Å²) in [5.74, 6) is 0. The highest BCUT2D eigenvalue weighted by atomic mass is 15.1. The highest BCUT2D eigenvalue weighted by molar-refractivity contribution is 6.17. The Hall–Kier alpha value is -7.22. The van der Waals surface area contributed by atoms with Crippen molar-refractivity contribution in [2.24, 2.45) is 0 Å². The number of hydrogen-bond donors (Lipinski definition) is 0. The predicted octanol–water partition coefficient (Wildman–Crippen LogP) is 15.9. The first-order valence-corrected chi connectivity index (χ1v) is 20.3. The predicted molar refractivity (Wildman–Crippen MR) is 248 cm³/mol. The summed E-state index contributed by atoms with van der Waals surface area (Å²) in [5.41, 5.74) is 15.8. The van der Waals surface area contributed by atoms with Crippen molar-refractivity contribution in [1.29, 1.82) is 0 Å². The highest BCUT2D eigenvalue weighted by Crippen LogP contribution is 2.53. The zero-order chi connectivity index (χ0) is 38.8. The zero-order valence-electron chi connectivity index (χ0n) is 32.7. The van der Waals surface area contributed by atoms with E-state index in [-0.39, 0.29) is 5.41 Å². The lowest BCUT2D eigenvalue weighted by Crippen LogP contribution is -2.17. The summed E-state index contributed by atoms with van der Waals surface area (Å²) in [7, 11) is 0. The fourth-order valence-corrected chi connectivity index (χ4v) is 9.65. The van der Waals surface area contributed by atoms with E-state index in [9.17, 15) is 0 Å². The summed E-state index contributed by atoms with van der Waals surface area (Å²) < 4.78 is 0. The van der Waals surface area contributed by atoms with Crippen molar-refractivity contribution in [2.45, 2.75) is 19.3 Å². The molecule has 0 amide bonds. The summed E-state index contributed by atoms with van der Waals surface area (Å²) in [5, 5.41) is 7.47. The Morgan fingerprint density at radius 3 is 1.72 bits per heavy atom. The molecule has 0 N–H and O–H groups in total. The minimum absolute atomic E-state index is 0.144. The van der Waals surface area contributed by atoms with Crippen LogP contribution in [-0.4, -0.2) is 0 Å². The van der Waals surface area contributed by atoms with E-state index in [0.29, 0.717) is 0 Å². The van der Waals surface area contributed by atoms with Gasteiger partial charge in [-0.2, -0.15) is 0 Å². The van der Waals surface area contributed by atoms with Gasteiger partial charge in [0.05, 0.1) is 5.69 Å². The first kappa shape index (κ1) is 34.1. The average Bonchev–Trinajstić information content (AvgIpc) is 3.51. The van der Waals surface area contributed by atoms with E-state index in [1.165, 1.54) is 88.0 Å². The van der Waals surface area contributed by atoms with E-state index in [2.05, 4.69) is 231 Å². The second-order valence-electron chi connectivity index (χ2n) is 16.1. The molecule has 58 heavy (non-hydrogen) atoms. The van der Waals surface area contributed by atoms with Gasteiger partial charge in [0, 0.05) is 22.4 Å². The van der Waals surface area contributed by atoms with E-state index in [4.69, 9.17) is 0 Å². The van der Waals surface area contributed by atoms with Crippen LogP contribution in [0.1, 0.15) is 25.0 Å². The molecule has 0 radical (unpaired) electrons. The normalized spacial score (nSPS) is 12.8. The van der Waals surface area contributed by atoms with Crippen LogP contribution < -0.4 is 4.90 Å². The molecule has 0 fully saturated rings. The van der Waals surface area contributed by atoms with Crippen molar-refractivity contribution >= 4 is 49.4 Å². The van der Waals surface area contributed by atoms with Crippen LogP contribution in [0.4, 0.5) is 17.1 Å². The maximum atomic E-state index is 2.50. The molecule has 274 valence electrons. The van der Waals surface area contributed by atoms with Crippen molar-refractivity contribution in [1.82, 2.24) is 0 Å². The number of benzene rings is 10. The zero-order valence-corrected chi connectivity index (χ0v) is 32.7. The van der Waals surface area contributed by atoms with Crippen molar-refractivity contribution < 1.29 is 0 Å². The molecule has 1 heteroatoms. The van der Waals surface area contributed by atoms with Gasteiger partial charge in [-0.15, -0.1) is 0 Å². The van der Waals surface area contributed by atoms with Gasteiger partial charge in [-0.05, 0) is 119 Å². The Morgan fingerprint density at radius 2 is 0.897 bits per heavy atom. The number of hydrogen-bond acceptors (Lipinski definition) is 1. The second kappa shape index (κ2) is 13.5. The monoisotopic (exact) mass is 739 g/mol. The Bertz CT molecular complexity index is 3180. The molecule has 10 aromatic carbocycles. The van der Waals surface area contributed by atoms with Crippen molar-refractivity contribution in [3.63, 3.8) is 0 Å². The minimum atomic E-state index is -0.144. The third-order valence-electron chi connectivity index (χ3n) is 12.5. The fraction of sp³-hybridized carbons (Fsp3) is 0.0526. The van der Waals surface area contributed by atoms with Gasteiger partial charge >= 0.3 is 0 Å². The summed E-state index contributed by atoms with van der Waals surface area (Å²) in [6, 6.07) is 78.4. The van der Waals surface area contributed by atoms with E-state index in [1.54, 1.807) is 0 Å². The van der Waals surface area contributed by atoms with Crippen LogP contribution in [0.2, 0.25) is 0 Å². The van der Waals surface area contributed by atoms with Crippen LogP contribution in [0.5, 0.6) is 0 Å². The average molecular weight is 740 g/mol. The molecular formula is C57H41N. The number of rotatable bonds is 6. The summed E-state index contributed by atoms with van der Waals surface area (Å²) in [6.07, 6.45) is 0. The van der Waals surface area contributed by atoms with E-state index in [0.717, 1.165) is 17.1 Å². The molecule has 1 aliphatic rings. The van der Waals surface area contributed by atoms with Gasteiger partial charge in [-0.1, -0.05) is 190 Å². The maximum absolute atomic E-state index is 2.50. The number of nitrogens with zero attached hydrogens (tertiary/aromatic N) is 1. The SMILES string of the molecule is CC1(C)c2ccccc2-c2ccc(N(c3ccc(-c4ccccc4)cc3)c3cccc(-c4cc5ccccc5c5ccccc45)c3-c3cccc4ccccc34)cc21. The Kier molecular flexibility index (Phi) is 7.91. The molecule has 10 aromatic rings. The van der Waals surface area contributed by atoms with E-state index < -0.39 is 0 Å². The Morgan fingerprint density at radius 1 is 0.328 bits per heavy atom. The molecular weight excluding hydrogens is 699 g/mol. The van der Waals surface area contributed by atoms with Gasteiger partial charge in [0.2, 0.25) is 0 Å².